The molecule has 27 heavy (non-hydrogen) atoms. The number of carbonyl (C=O) groups is 1. The van der Waals surface area contributed by atoms with E-state index < -0.39 is 0 Å². The van der Waals surface area contributed by atoms with Crippen molar-refractivity contribution in [2.24, 2.45) is 12.5 Å². The lowest BCUT2D eigenvalue weighted by molar-refractivity contribution is -0.135. The number of benzene rings is 1. The molecule has 3 fully saturated rings. The fraction of sp³-hybridized carbons (Fsp3) is 0.429. The second-order valence-electron chi connectivity index (χ2n) is 7.98. The molecule has 1 aromatic carbocycles. The Bertz CT molecular complexity index is 1000. The summed E-state index contributed by atoms with van der Waals surface area (Å²) in [5.41, 5.74) is 3.67. The standard InChI is InChI=1S/C21H23N5O/c1-25-14-17(13-22-25)15-2-3-19-16(10-15)11-18(23-24-19)12-20(27)21-4-7-26(8-5-21)9-6-21/h2-3,10-11,13-14H,4-9,12H2,1H3. The first kappa shape index (κ1) is 16.6. The van der Waals surface area contributed by atoms with Gasteiger partial charge in [0, 0.05) is 29.6 Å². The van der Waals surface area contributed by atoms with E-state index in [1.54, 1.807) is 4.68 Å². The van der Waals surface area contributed by atoms with Crippen LogP contribution in [0.4, 0.5) is 0 Å². The number of carbonyl (C=O) groups excluding carboxylic acids is 1. The summed E-state index contributed by atoms with van der Waals surface area (Å²) >= 11 is 0. The number of Topliss-reactive ketones (excluding diaryl/α,β-unsaturated/α-hetero) is 1. The quantitative estimate of drug-likeness (QED) is 0.715. The number of hydrogen-bond donors (Lipinski definition) is 0. The van der Waals surface area contributed by atoms with Crippen molar-refractivity contribution >= 4 is 16.7 Å². The van der Waals surface area contributed by atoms with Crippen molar-refractivity contribution in [2.45, 2.75) is 25.7 Å². The topological polar surface area (TPSA) is 63.9 Å². The van der Waals surface area contributed by atoms with Gasteiger partial charge in [0.15, 0.2) is 0 Å². The van der Waals surface area contributed by atoms with Crippen LogP contribution in [-0.2, 0) is 18.3 Å². The minimum absolute atomic E-state index is 0.122. The van der Waals surface area contributed by atoms with Gasteiger partial charge in [-0.05, 0) is 62.7 Å². The van der Waals surface area contributed by atoms with Gasteiger partial charge >= 0.3 is 0 Å². The highest BCUT2D eigenvalue weighted by Gasteiger charge is 2.44. The van der Waals surface area contributed by atoms with E-state index in [9.17, 15) is 4.79 Å². The van der Waals surface area contributed by atoms with Crippen molar-refractivity contribution in [3.63, 3.8) is 0 Å². The third-order valence-corrected chi connectivity index (χ3v) is 6.33. The molecule has 3 saturated heterocycles. The first-order valence-electron chi connectivity index (χ1n) is 9.62. The number of ketones is 1. The summed E-state index contributed by atoms with van der Waals surface area (Å²) in [5.74, 6) is 0.346. The van der Waals surface area contributed by atoms with Crippen LogP contribution in [0.3, 0.4) is 0 Å². The highest BCUT2D eigenvalue weighted by Crippen LogP contribution is 2.41. The predicted molar refractivity (Wildman–Crippen MR) is 103 cm³/mol. The maximum atomic E-state index is 13.1. The van der Waals surface area contributed by atoms with Crippen LogP contribution in [0, 0.1) is 5.41 Å². The van der Waals surface area contributed by atoms with Gasteiger partial charge in [-0.3, -0.25) is 9.48 Å². The number of fused-ring (bicyclic) bond motifs is 4. The van der Waals surface area contributed by atoms with Crippen molar-refractivity contribution in [2.75, 3.05) is 19.6 Å². The van der Waals surface area contributed by atoms with E-state index in [2.05, 4.69) is 26.3 Å². The van der Waals surface area contributed by atoms with Crippen molar-refractivity contribution in [3.05, 3.63) is 42.4 Å². The Kier molecular flexibility index (Phi) is 3.82. The van der Waals surface area contributed by atoms with E-state index in [1.165, 1.54) is 0 Å². The van der Waals surface area contributed by atoms with Crippen LogP contribution in [0.2, 0.25) is 0 Å². The largest absolute Gasteiger partial charge is 0.303 e. The molecule has 0 aliphatic carbocycles. The third-order valence-electron chi connectivity index (χ3n) is 6.33. The van der Waals surface area contributed by atoms with E-state index in [1.807, 2.05) is 37.6 Å². The number of rotatable bonds is 4. The number of piperidine rings is 3. The number of aromatic nitrogens is 4. The molecule has 3 aliphatic heterocycles. The molecule has 0 radical (unpaired) electrons. The Labute approximate surface area is 158 Å². The second-order valence-corrected chi connectivity index (χ2v) is 7.98. The number of hydrogen-bond acceptors (Lipinski definition) is 5. The van der Waals surface area contributed by atoms with Gasteiger partial charge in [0.25, 0.3) is 0 Å². The maximum Gasteiger partial charge on any atom is 0.145 e. The molecule has 6 heteroatoms. The fourth-order valence-corrected chi connectivity index (χ4v) is 4.52. The fourth-order valence-electron chi connectivity index (χ4n) is 4.52. The zero-order valence-electron chi connectivity index (χ0n) is 15.6. The summed E-state index contributed by atoms with van der Waals surface area (Å²) in [6, 6.07) is 8.14. The van der Waals surface area contributed by atoms with Crippen LogP contribution in [-0.4, -0.2) is 50.3 Å². The molecule has 2 bridgehead atoms. The summed E-state index contributed by atoms with van der Waals surface area (Å²) in [5, 5.41) is 13.9. The van der Waals surface area contributed by atoms with Gasteiger partial charge in [0.05, 0.1) is 23.8 Å². The van der Waals surface area contributed by atoms with Crippen LogP contribution in [0.25, 0.3) is 22.0 Å². The molecule has 0 amide bonds. The summed E-state index contributed by atoms with van der Waals surface area (Å²) in [6.45, 7) is 3.18. The van der Waals surface area contributed by atoms with Crippen LogP contribution in [0.1, 0.15) is 25.0 Å². The van der Waals surface area contributed by atoms with Gasteiger partial charge in [-0.1, -0.05) is 6.07 Å². The van der Waals surface area contributed by atoms with Gasteiger partial charge in [0.2, 0.25) is 0 Å². The highest BCUT2D eigenvalue weighted by atomic mass is 16.1. The van der Waals surface area contributed by atoms with Crippen LogP contribution < -0.4 is 0 Å². The molecule has 6 rings (SSSR count). The molecule has 0 spiro atoms. The van der Waals surface area contributed by atoms with Gasteiger partial charge in [-0.2, -0.15) is 15.3 Å². The molecule has 0 unspecified atom stereocenters. The number of aryl methyl sites for hydroxylation is 1. The van der Waals surface area contributed by atoms with Crippen LogP contribution >= 0.6 is 0 Å². The molecule has 6 nitrogen and oxygen atoms in total. The molecule has 3 aromatic rings. The molecule has 0 N–H and O–H groups in total. The molecule has 0 atom stereocenters. The van der Waals surface area contributed by atoms with Crippen LogP contribution in [0.5, 0.6) is 0 Å². The van der Waals surface area contributed by atoms with Gasteiger partial charge < -0.3 is 4.90 Å². The van der Waals surface area contributed by atoms with E-state index in [0.29, 0.717) is 12.2 Å². The van der Waals surface area contributed by atoms with E-state index in [4.69, 9.17) is 0 Å². The predicted octanol–water partition coefficient (Wildman–Crippen LogP) is 2.63. The van der Waals surface area contributed by atoms with Gasteiger partial charge in [-0.15, -0.1) is 0 Å². The molecule has 2 aromatic heterocycles. The average Bonchev–Trinajstić information content (AvgIpc) is 3.15. The van der Waals surface area contributed by atoms with E-state index >= 15 is 0 Å². The Balaban J connectivity index is 1.42. The first-order valence-corrected chi connectivity index (χ1v) is 9.62. The zero-order valence-corrected chi connectivity index (χ0v) is 15.6. The summed E-state index contributed by atoms with van der Waals surface area (Å²) in [7, 11) is 1.91. The maximum absolute atomic E-state index is 13.1. The highest BCUT2D eigenvalue weighted by molar-refractivity contribution is 5.88. The van der Waals surface area contributed by atoms with Crippen molar-refractivity contribution in [1.82, 2.24) is 24.9 Å². The number of nitrogens with zero attached hydrogens (tertiary/aromatic N) is 5. The van der Waals surface area contributed by atoms with Crippen molar-refractivity contribution in [3.8, 4) is 11.1 Å². The third kappa shape index (κ3) is 2.94. The summed E-state index contributed by atoms with van der Waals surface area (Å²) < 4.78 is 1.79. The van der Waals surface area contributed by atoms with Crippen LogP contribution in [0.15, 0.2) is 36.7 Å². The second kappa shape index (κ2) is 6.23. The van der Waals surface area contributed by atoms with E-state index in [0.717, 1.165) is 66.6 Å². The minimum Gasteiger partial charge on any atom is -0.303 e. The van der Waals surface area contributed by atoms with Crippen molar-refractivity contribution < 1.29 is 4.79 Å². The average molecular weight is 361 g/mol. The zero-order chi connectivity index (χ0) is 18.4. The normalized spacial score (nSPS) is 24.4. The smallest absolute Gasteiger partial charge is 0.145 e. The molecule has 3 aliphatic rings. The minimum atomic E-state index is -0.122. The summed E-state index contributed by atoms with van der Waals surface area (Å²) in [4.78, 5) is 15.5. The SMILES string of the molecule is Cn1cc(-c2ccc3nnc(CC(=O)C45CCN(CC4)CC5)cc3c2)cn1. The first-order chi connectivity index (χ1) is 13.1. The lowest BCUT2D eigenvalue weighted by Gasteiger charge is -2.47. The molecular formula is C21H23N5O. The van der Waals surface area contributed by atoms with E-state index in [-0.39, 0.29) is 5.41 Å². The van der Waals surface area contributed by atoms with Gasteiger partial charge in [-0.25, -0.2) is 0 Å². The van der Waals surface area contributed by atoms with Gasteiger partial charge in [0.1, 0.15) is 5.78 Å². The molecular weight excluding hydrogens is 338 g/mol. The monoisotopic (exact) mass is 361 g/mol. The Morgan fingerprint density at radius 3 is 2.56 bits per heavy atom. The van der Waals surface area contributed by atoms with Crippen molar-refractivity contribution in [1.29, 1.82) is 0 Å². The lowest BCUT2D eigenvalue weighted by Crippen LogP contribution is -2.52. The molecule has 5 heterocycles. The Hall–Kier alpha value is -2.60. The summed E-state index contributed by atoms with van der Waals surface area (Å²) in [6.07, 6.45) is 7.23. The molecule has 138 valence electrons. The lowest BCUT2D eigenvalue weighted by atomic mass is 9.68. The molecule has 0 saturated carbocycles. The Morgan fingerprint density at radius 1 is 1.07 bits per heavy atom. The Morgan fingerprint density at radius 2 is 1.85 bits per heavy atom.